The molecule has 0 saturated heterocycles. The van der Waals surface area contributed by atoms with Gasteiger partial charge in [0.2, 0.25) is 11.8 Å². The average molecular weight is 332 g/mol. The molecule has 1 aliphatic rings. The van der Waals surface area contributed by atoms with Crippen molar-refractivity contribution in [1.82, 2.24) is 10.6 Å². The molecule has 1 fully saturated rings. The highest BCUT2D eigenvalue weighted by molar-refractivity contribution is 6.05. The Morgan fingerprint density at radius 2 is 1.50 bits per heavy atom. The van der Waals surface area contributed by atoms with Gasteiger partial charge in [-0.1, -0.05) is 49.6 Å². The number of nitrogens with one attached hydrogen (secondary N) is 2. The number of carbonyl (C=O) groups excluding carboxylic acids is 3. The molecular formula is C17H24N4O3. The molecule has 0 heterocycles. The lowest BCUT2D eigenvalue weighted by molar-refractivity contribution is -0.128. The third-order valence-corrected chi connectivity index (χ3v) is 4.41. The van der Waals surface area contributed by atoms with Crippen molar-refractivity contribution in [2.24, 2.45) is 17.4 Å². The van der Waals surface area contributed by atoms with Gasteiger partial charge in [0.15, 0.2) is 6.04 Å². The molecule has 1 aromatic rings. The zero-order chi connectivity index (χ0) is 17.5. The highest BCUT2D eigenvalue weighted by Crippen LogP contribution is 2.34. The fourth-order valence-electron chi connectivity index (χ4n) is 3.20. The number of nitrogens with two attached hydrogens (primary N) is 2. The summed E-state index contributed by atoms with van der Waals surface area (Å²) < 4.78 is 0. The second-order valence-electron chi connectivity index (χ2n) is 6.14. The molecular weight excluding hydrogens is 308 g/mol. The van der Waals surface area contributed by atoms with Crippen molar-refractivity contribution in [2.75, 3.05) is 0 Å². The zero-order valence-electron chi connectivity index (χ0n) is 13.5. The number of carbonyl (C=O) groups is 3. The van der Waals surface area contributed by atoms with Crippen LogP contribution in [0.5, 0.6) is 0 Å². The van der Waals surface area contributed by atoms with Crippen LogP contribution in [0.15, 0.2) is 30.3 Å². The quantitative estimate of drug-likeness (QED) is 0.579. The molecule has 7 nitrogen and oxygen atoms in total. The van der Waals surface area contributed by atoms with E-state index >= 15 is 0 Å². The molecule has 0 bridgehead atoms. The first-order valence-electron chi connectivity index (χ1n) is 8.19. The zero-order valence-corrected chi connectivity index (χ0v) is 13.5. The average Bonchev–Trinajstić information content (AvgIpc) is 2.58. The van der Waals surface area contributed by atoms with E-state index in [1.165, 1.54) is 6.42 Å². The van der Waals surface area contributed by atoms with Crippen molar-refractivity contribution in [3.05, 3.63) is 35.9 Å². The van der Waals surface area contributed by atoms with Crippen LogP contribution in [0, 0.1) is 5.92 Å². The van der Waals surface area contributed by atoms with Crippen LogP contribution in [0.3, 0.4) is 0 Å². The van der Waals surface area contributed by atoms with Gasteiger partial charge in [-0.15, -0.1) is 0 Å². The Morgan fingerprint density at radius 3 is 2.04 bits per heavy atom. The molecule has 0 aliphatic heterocycles. The number of rotatable bonds is 6. The Balaban J connectivity index is 2.11. The van der Waals surface area contributed by atoms with Gasteiger partial charge in [-0.25, -0.2) is 4.79 Å². The second-order valence-corrected chi connectivity index (χ2v) is 6.14. The van der Waals surface area contributed by atoms with E-state index < -0.39 is 23.9 Å². The number of hydrogen-bond donors (Lipinski definition) is 4. The summed E-state index contributed by atoms with van der Waals surface area (Å²) in [7, 11) is 0. The molecule has 1 aromatic carbocycles. The van der Waals surface area contributed by atoms with E-state index in [1.807, 2.05) is 30.3 Å². The predicted octanol–water partition coefficient (Wildman–Crippen LogP) is 0.946. The third-order valence-electron chi connectivity index (χ3n) is 4.41. The van der Waals surface area contributed by atoms with Crippen LogP contribution in [-0.4, -0.2) is 23.9 Å². The minimum Gasteiger partial charge on any atom is -0.367 e. The van der Waals surface area contributed by atoms with Gasteiger partial charge in [-0.2, -0.15) is 0 Å². The second kappa shape index (κ2) is 8.33. The lowest BCUT2D eigenvalue weighted by atomic mass is 9.81. The number of hydrogen-bond acceptors (Lipinski definition) is 3. The fraction of sp³-hybridized carbons (Fsp3) is 0.471. The summed E-state index contributed by atoms with van der Waals surface area (Å²) in [5, 5.41) is 5.13. The van der Waals surface area contributed by atoms with Gasteiger partial charge in [0, 0.05) is 0 Å². The first-order chi connectivity index (χ1) is 11.5. The maximum Gasteiger partial charge on any atom is 0.316 e. The van der Waals surface area contributed by atoms with E-state index in [9.17, 15) is 14.4 Å². The van der Waals surface area contributed by atoms with Gasteiger partial charge in [-0.3, -0.25) is 9.59 Å². The van der Waals surface area contributed by atoms with Crippen molar-refractivity contribution in [3.8, 4) is 0 Å². The molecule has 6 N–H and O–H groups in total. The Kier molecular flexibility index (Phi) is 6.17. The van der Waals surface area contributed by atoms with Gasteiger partial charge in [0.05, 0.1) is 6.04 Å². The van der Waals surface area contributed by atoms with Gasteiger partial charge in [0.25, 0.3) is 0 Å². The van der Waals surface area contributed by atoms with E-state index in [0.717, 1.165) is 31.2 Å². The number of urea groups is 1. The lowest BCUT2D eigenvalue weighted by Gasteiger charge is -2.31. The van der Waals surface area contributed by atoms with E-state index in [0.29, 0.717) is 5.92 Å². The highest BCUT2D eigenvalue weighted by Gasteiger charge is 2.29. The van der Waals surface area contributed by atoms with Crippen LogP contribution in [0.1, 0.15) is 43.7 Å². The topological polar surface area (TPSA) is 127 Å². The lowest BCUT2D eigenvalue weighted by Crippen LogP contribution is -2.55. The summed E-state index contributed by atoms with van der Waals surface area (Å²) in [4.78, 5) is 34.7. The molecule has 0 unspecified atom stereocenters. The van der Waals surface area contributed by atoms with E-state index in [4.69, 9.17) is 11.5 Å². The Morgan fingerprint density at radius 1 is 0.917 bits per heavy atom. The molecule has 0 aromatic heterocycles. The molecule has 1 atom stereocenters. The van der Waals surface area contributed by atoms with Gasteiger partial charge in [-0.05, 0) is 24.3 Å². The van der Waals surface area contributed by atoms with Crippen molar-refractivity contribution >= 4 is 17.8 Å². The van der Waals surface area contributed by atoms with Crippen LogP contribution in [-0.2, 0) is 9.59 Å². The van der Waals surface area contributed by atoms with Crippen LogP contribution in [0.2, 0.25) is 0 Å². The Labute approximate surface area is 141 Å². The molecule has 0 spiro atoms. The van der Waals surface area contributed by atoms with E-state index in [-0.39, 0.29) is 6.04 Å². The third kappa shape index (κ3) is 4.71. The summed E-state index contributed by atoms with van der Waals surface area (Å²) in [5.41, 5.74) is 11.2. The molecule has 2 rings (SSSR count). The van der Waals surface area contributed by atoms with Crippen LogP contribution in [0.4, 0.5) is 4.79 Å². The van der Waals surface area contributed by atoms with Gasteiger partial charge in [0.1, 0.15) is 0 Å². The van der Waals surface area contributed by atoms with Crippen molar-refractivity contribution < 1.29 is 14.4 Å². The predicted molar refractivity (Wildman–Crippen MR) is 89.6 cm³/mol. The Bertz CT molecular complexity index is 571. The molecule has 0 radical (unpaired) electrons. The van der Waals surface area contributed by atoms with Crippen molar-refractivity contribution in [1.29, 1.82) is 0 Å². The van der Waals surface area contributed by atoms with Crippen LogP contribution in [0.25, 0.3) is 0 Å². The smallest absolute Gasteiger partial charge is 0.316 e. The summed E-state index contributed by atoms with van der Waals surface area (Å²) in [6.07, 6.45) is 5.50. The molecule has 4 amide bonds. The minimum atomic E-state index is -1.52. The van der Waals surface area contributed by atoms with E-state index in [2.05, 4.69) is 10.6 Å². The van der Waals surface area contributed by atoms with Gasteiger partial charge >= 0.3 is 6.03 Å². The molecule has 1 saturated carbocycles. The largest absolute Gasteiger partial charge is 0.367 e. The van der Waals surface area contributed by atoms with Crippen molar-refractivity contribution in [2.45, 2.75) is 44.2 Å². The molecule has 130 valence electrons. The normalized spacial score (nSPS) is 16.4. The van der Waals surface area contributed by atoms with E-state index in [1.54, 1.807) is 0 Å². The van der Waals surface area contributed by atoms with Gasteiger partial charge < -0.3 is 22.1 Å². The molecule has 1 aliphatic carbocycles. The Hall–Kier alpha value is -2.57. The van der Waals surface area contributed by atoms with Crippen LogP contribution >= 0.6 is 0 Å². The number of benzene rings is 1. The first-order valence-corrected chi connectivity index (χ1v) is 8.19. The van der Waals surface area contributed by atoms with Crippen LogP contribution < -0.4 is 22.1 Å². The highest BCUT2D eigenvalue weighted by atomic mass is 16.2. The monoisotopic (exact) mass is 332 g/mol. The SMILES string of the molecule is NC(=O)C(NC(=O)N[C@@H](c1ccccc1)C1CCCCC1)C(N)=O. The number of primary amides is 2. The summed E-state index contributed by atoms with van der Waals surface area (Å²) in [6.45, 7) is 0. The minimum absolute atomic E-state index is 0.187. The molecule has 7 heteroatoms. The molecule has 24 heavy (non-hydrogen) atoms. The summed E-state index contributed by atoms with van der Waals surface area (Å²) >= 11 is 0. The summed E-state index contributed by atoms with van der Waals surface area (Å²) in [6, 6.07) is 7.33. The maximum atomic E-state index is 12.3. The van der Waals surface area contributed by atoms with Crippen molar-refractivity contribution in [3.63, 3.8) is 0 Å². The number of amides is 4. The fourth-order valence-corrected chi connectivity index (χ4v) is 3.20. The first kappa shape index (κ1) is 17.8. The maximum absolute atomic E-state index is 12.3. The summed E-state index contributed by atoms with van der Waals surface area (Å²) in [5.74, 6) is -1.65. The standard InChI is InChI=1S/C17H24N4O3/c18-15(22)14(16(19)23)21-17(24)20-13(11-7-3-1-4-8-11)12-9-5-2-6-10-12/h1,3-4,7-8,12-14H,2,5-6,9-10H2,(H2,18,22)(H2,19,23)(H2,20,21,24)/t13-/m0/s1.